The molecule has 4 heteroatoms. The van der Waals surface area contributed by atoms with Gasteiger partial charge in [0.1, 0.15) is 18.2 Å². The van der Waals surface area contributed by atoms with Gasteiger partial charge in [-0.05, 0) is 55.3 Å². The molecule has 0 heterocycles. The van der Waals surface area contributed by atoms with E-state index in [1.807, 2.05) is 6.92 Å². The summed E-state index contributed by atoms with van der Waals surface area (Å²) in [5.41, 5.74) is 2.21. The minimum Gasteiger partial charge on any atom is -0.489 e. The van der Waals surface area contributed by atoms with Gasteiger partial charge in [-0.1, -0.05) is 17.7 Å². The molecule has 0 amide bonds. The summed E-state index contributed by atoms with van der Waals surface area (Å²) in [5.74, 6) is 0.223. The van der Waals surface area contributed by atoms with Gasteiger partial charge in [0.25, 0.3) is 0 Å². The Labute approximate surface area is 122 Å². The van der Waals surface area contributed by atoms with E-state index >= 15 is 0 Å². The van der Waals surface area contributed by atoms with Gasteiger partial charge in [0.05, 0.1) is 5.02 Å². The van der Waals surface area contributed by atoms with Crippen molar-refractivity contribution in [3.8, 4) is 5.75 Å². The molecule has 0 aliphatic heterocycles. The molecule has 0 spiro atoms. The highest BCUT2D eigenvalue weighted by molar-refractivity contribution is 6.30. The van der Waals surface area contributed by atoms with E-state index in [1.54, 1.807) is 24.3 Å². The van der Waals surface area contributed by atoms with Crippen molar-refractivity contribution in [2.75, 3.05) is 0 Å². The van der Waals surface area contributed by atoms with Crippen LogP contribution in [-0.4, -0.2) is 5.78 Å². The molecule has 2 aromatic rings. The second-order valence-corrected chi connectivity index (χ2v) is 4.98. The summed E-state index contributed by atoms with van der Waals surface area (Å²) in [6, 6.07) is 9.80. The summed E-state index contributed by atoms with van der Waals surface area (Å²) in [5, 5.41) is 0.0933. The van der Waals surface area contributed by atoms with Crippen LogP contribution >= 0.6 is 11.6 Å². The summed E-state index contributed by atoms with van der Waals surface area (Å²) in [6.45, 7) is 3.63. The van der Waals surface area contributed by atoms with Crippen LogP contribution in [0.4, 0.5) is 4.39 Å². The monoisotopic (exact) mass is 292 g/mol. The van der Waals surface area contributed by atoms with Crippen molar-refractivity contribution in [3.05, 3.63) is 63.9 Å². The average Bonchev–Trinajstić information content (AvgIpc) is 2.41. The smallest absolute Gasteiger partial charge is 0.159 e. The number of ketones is 1. The second-order valence-electron chi connectivity index (χ2n) is 4.57. The van der Waals surface area contributed by atoms with E-state index in [9.17, 15) is 9.18 Å². The van der Waals surface area contributed by atoms with E-state index < -0.39 is 5.82 Å². The van der Waals surface area contributed by atoms with Crippen LogP contribution in [0.25, 0.3) is 0 Å². The van der Waals surface area contributed by atoms with Crippen molar-refractivity contribution >= 4 is 17.4 Å². The largest absolute Gasteiger partial charge is 0.489 e. The number of hydrogen-bond acceptors (Lipinski definition) is 2. The Morgan fingerprint density at radius 3 is 2.60 bits per heavy atom. The van der Waals surface area contributed by atoms with E-state index in [4.69, 9.17) is 16.3 Å². The van der Waals surface area contributed by atoms with Gasteiger partial charge in [0.2, 0.25) is 0 Å². The lowest BCUT2D eigenvalue weighted by atomic mass is 10.1. The molecule has 0 atom stereocenters. The molecule has 2 nitrogen and oxygen atoms in total. The number of ether oxygens (including phenoxy) is 1. The maximum absolute atomic E-state index is 13.3. The van der Waals surface area contributed by atoms with Crippen LogP contribution in [0.2, 0.25) is 5.02 Å². The molecule has 0 fully saturated rings. The second kappa shape index (κ2) is 6.06. The van der Waals surface area contributed by atoms with Crippen LogP contribution in [0.1, 0.15) is 28.4 Å². The van der Waals surface area contributed by atoms with Crippen molar-refractivity contribution in [1.29, 1.82) is 0 Å². The zero-order chi connectivity index (χ0) is 14.7. The predicted molar refractivity (Wildman–Crippen MR) is 76.9 cm³/mol. The molecule has 0 aliphatic carbocycles. The van der Waals surface area contributed by atoms with E-state index in [0.29, 0.717) is 16.9 Å². The lowest BCUT2D eigenvalue weighted by Gasteiger charge is -2.10. The van der Waals surface area contributed by atoms with E-state index in [0.717, 1.165) is 5.56 Å². The minimum absolute atomic E-state index is 0.0134. The zero-order valence-corrected chi connectivity index (χ0v) is 12.0. The Hall–Kier alpha value is -1.87. The third kappa shape index (κ3) is 3.36. The summed E-state index contributed by atoms with van der Waals surface area (Å²) in [4.78, 5) is 11.3. The van der Waals surface area contributed by atoms with Gasteiger partial charge >= 0.3 is 0 Å². The third-order valence-corrected chi connectivity index (χ3v) is 3.27. The topological polar surface area (TPSA) is 26.3 Å². The SMILES string of the molecule is CC(=O)c1ccc(OCc2ccc(Cl)c(F)c2)c(C)c1. The van der Waals surface area contributed by atoms with E-state index in [2.05, 4.69) is 0 Å². The molecule has 0 aliphatic rings. The fraction of sp³-hybridized carbons (Fsp3) is 0.188. The summed E-state index contributed by atoms with van der Waals surface area (Å²) in [6.07, 6.45) is 0. The quantitative estimate of drug-likeness (QED) is 0.772. The Balaban J connectivity index is 2.10. The molecular formula is C16H14ClFO2. The molecule has 0 aromatic heterocycles. The van der Waals surface area contributed by atoms with Crippen molar-refractivity contribution < 1.29 is 13.9 Å². The standard InChI is InChI=1S/C16H14ClFO2/c1-10-7-13(11(2)19)4-6-16(10)20-9-12-3-5-14(17)15(18)8-12/h3-8H,9H2,1-2H3. The van der Waals surface area contributed by atoms with Crippen molar-refractivity contribution in [1.82, 2.24) is 0 Å². The molecular weight excluding hydrogens is 279 g/mol. The molecule has 0 unspecified atom stereocenters. The van der Waals surface area contributed by atoms with Crippen LogP contribution in [0.15, 0.2) is 36.4 Å². The highest BCUT2D eigenvalue weighted by Crippen LogP contribution is 2.22. The number of hydrogen-bond donors (Lipinski definition) is 0. The normalized spacial score (nSPS) is 10.4. The van der Waals surface area contributed by atoms with Crippen molar-refractivity contribution in [2.45, 2.75) is 20.5 Å². The number of benzene rings is 2. The van der Waals surface area contributed by atoms with Crippen LogP contribution in [0.3, 0.4) is 0 Å². The highest BCUT2D eigenvalue weighted by atomic mass is 35.5. The third-order valence-electron chi connectivity index (χ3n) is 2.96. The first-order valence-corrected chi connectivity index (χ1v) is 6.53. The maximum Gasteiger partial charge on any atom is 0.159 e. The van der Waals surface area contributed by atoms with Gasteiger partial charge in [-0.15, -0.1) is 0 Å². The van der Waals surface area contributed by atoms with Gasteiger partial charge in [0, 0.05) is 5.56 Å². The molecule has 2 rings (SSSR count). The molecule has 0 N–H and O–H groups in total. The van der Waals surface area contributed by atoms with Gasteiger partial charge in [-0.3, -0.25) is 4.79 Å². The van der Waals surface area contributed by atoms with Gasteiger partial charge in [-0.25, -0.2) is 4.39 Å². The molecule has 0 radical (unpaired) electrons. The lowest BCUT2D eigenvalue weighted by Crippen LogP contribution is -1.99. The molecule has 104 valence electrons. The van der Waals surface area contributed by atoms with Crippen LogP contribution in [0, 0.1) is 12.7 Å². The number of Topliss-reactive ketones (excluding diaryl/α,β-unsaturated/α-hetero) is 1. The molecule has 0 saturated heterocycles. The first-order valence-electron chi connectivity index (χ1n) is 6.15. The first kappa shape index (κ1) is 14.5. The summed E-state index contributed by atoms with van der Waals surface area (Å²) in [7, 11) is 0. The van der Waals surface area contributed by atoms with Crippen LogP contribution in [-0.2, 0) is 6.61 Å². The Kier molecular flexibility index (Phi) is 4.40. The fourth-order valence-corrected chi connectivity index (χ4v) is 1.94. The maximum atomic E-state index is 13.3. The minimum atomic E-state index is -0.462. The fourth-order valence-electron chi connectivity index (χ4n) is 1.82. The highest BCUT2D eigenvalue weighted by Gasteiger charge is 2.06. The van der Waals surface area contributed by atoms with Crippen LogP contribution < -0.4 is 4.74 Å². The Morgan fingerprint density at radius 1 is 1.25 bits per heavy atom. The number of rotatable bonds is 4. The van der Waals surface area contributed by atoms with Gasteiger partial charge < -0.3 is 4.74 Å². The number of halogens is 2. The van der Waals surface area contributed by atoms with Crippen molar-refractivity contribution in [3.63, 3.8) is 0 Å². The number of aryl methyl sites for hydroxylation is 1. The Bertz CT molecular complexity index is 653. The number of carbonyl (C=O) groups excluding carboxylic acids is 1. The lowest BCUT2D eigenvalue weighted by molar-refractivity contribution is 0.101. The van der Waals surface area contributed by atoms with Gasteiger partial charge in [0.15, 0.2) is 5.78 Å². The predicted octanol–water partition coefficient (Wildman–Crippen LogP) is 4.57. The summed E-state index contributed by atoms with van der Waals surface area (Å²) < 4.78 is 18.9. The molecule has 0 saturated carbocycles. The summed E-state index contributed by atoms with van der Waals surface area (Å²) >= 11 is 5.62. The molecule has 20 heavy (non-hydrogen) atoms. The number of carbonyl (C=O) groups is 1. The average molecular weight is 293 g/mol. The molecule has 0 bridgehead atoms. The van der Waals surface area contributed by atoms with E-state index in [-0.39, 0.29) is 17.4 Å². The van der Waals surface area contributed by atoms with Crippen LogP contribution in [0.5, 0.6) is 5.75 Å². The van der Waals surface area contributed by atoms with Gasteiger partial charge in [-0.2, -0.15) is 0 Å². The Morgan fingerprint density at radius 2 is 2.00 bits per heavy atom. The van der Waals surface area contributed by atoms with E-state index in [1.165, 1.54) is 19.1 Å². The first-order chi connectivity index (χ1) is 9.47. The zero-order valence-electron chi connectivity index (χ0n) is 11.2. The van der Waals surface area contributed by atoms with Crippen molar-refractivity contribution in [2.24, 2.45) is 0 Å². The molecule has 2 aromatic carbocycles.